The second-order valence-corrected chi connectivity index (χ2v) is 7.60. The first-order valence-electron chi connectivity index (χ1n) is 9.42. The number of nitrogens with one attached hydrogen (secondary N) is 1. The van der Waals surface area contributed by atoms with Crippen molar-refractivity contribution >= 4 is 5.95 Å². The topological polar surface area (TPSA) is 52.2 Å². The first-order valence-corrected chi connectivity index (χ1v) is 9.42. The molecule has 3 heterocycles. The van der Waals surface area contributed by atoms with E-state index in [0.29, 0.717) is 24.8 Å². The van der Waals surface area contributed by atoms with E-state index in [0.717, 1.165) is 49.4 Å². The number of rotatable bonds is 3. The van der Waals surface area contributed by atoms with Gasteiger partial charge in [0.25, 0.3) is 5.56 Å². The maximum Gasteiger partial charge on any atom is 0.255 e. The van der Waals surface area contributed by atoms with Crippen LogP contribution < -0.4 is 10.5 Å². The molecule has 2 aliphatic rings. The Morgan fingerprint density at radius 2 is 2.08 bits per heavy atom. The van der Waals surface area contributed by atoms with Crippen LogP contribution in [0.1, 0.15) is 36.6 Å². The lowest BCUT2D eigenvalue weighted by atomic mass is 10.0. The van der Waals surface area contributed by atoms with Gasteiger partial charge < -0.3 is 4.90 Å². The van der Waals surface area contributed by atoms with E-state index in [1.54, 1.807) is 0 Å². The van der Waals surface area contributed by atoms with Crippen LogP contribution in [0.2, 0.25) is 0 Å². The van der Waals surface area contributed by atoms with Crippen molar-refractivity contribution in [2.24, 2.45) is 5.92 Å². The minimum atomic E-state index is -0.216. The van der Waals surface area contributed by atoms with Crippen LogP contribution in [0.25, 0.3) is 0 Å². The van der Waals surface area contributed by atoms with Crippen LogP contribution in [0.3, 0.4) is 0 Å². The summed E-state index contributed by atoms with van der Waals surface area (Å²) < 4.78 is 13.1. The van der Waals surface area contributed by atoms with Crippen LogP contribution in [0, 0.1) is 11.7 Å². The van der Waals surface area contributed by atoms with Crippen molar-refractivity contribution in [2.45, 2.75) is 39.3 Å². The molecule has 0 radical (unpaired) electrons. The molecule has 1 N–H and O–H groups in total. The summed E-state index contributed by atoms with van der Waals surface area (Å²) >= 11 is 0. The Balaban J connectivity index is 1.53. The van der Waals surface area contributed by atoms with Crippen LogP contribution in [0.15, 0.2) is 29.1 Å². The van der Waals surface area contributed by atoms with Gasteiger partial charge in [0.05, 0.1) is 5.69 Å². The number of hydrogen-bond donors (Lipinski definition) is 1. The smallest absolute Gasteiger partial charge is 0.255 e. The molecular weight excluding hydrogens is 331 g/mol. The maximum absolute atomic E-state index is 13.1. The third-order valence-corrected chi connectivity index (χ3v) is 5.42. The Hall–Kier alpha value is -2.21. The summed E-state index contributed by atoms with van der Waals surface area (Å²) in [5.74, 6) is 1.12. The quantitative estimate of drug-likeness (QED) is 0.919. The second-order valence-electron chi connectivity index (χ2n) is 7.60. The molecule has 0 bridgehead atoms. The number of hydrogen-bond acceptors (Lipinski definition) is 4. The van der Waals surface area contributed by atoms with Crippen LogP contribution in [0.4, 0.5) is 10.3 Å². The summed E-state index contributed by atoms with van der Waals surface area (Å²) in [5.41, 5.74) is 2.78. The van der Waals surface area contributed by atoms with Crippen LogP contribution in [-0.4, -0.2) is 34.5 Å². The number of halogens is 1. The van der Waals surface area contributed by atoms with Crippen LogP contribution >= 0.6 is 0 Å². The number of benzene rings is 1. The van der Waals surface area contributed by atoms with Gasteiger partial charge in [-0.1, -0.05) is 19.1 Å². The number of piperidine rings is 1. The minimum Gasteiger partial charge on any atom is -0.342 e. The molecular formula is C20H25FN4O. The fourth-order valence-corrected chi connectivity index (χ4v) is 4.00. The maximum atomic E-state index is 13.1. The second kappa shape index (κ2) is 7.19. The van der Waals surface area contributed by atoms with Gasteiger partial charge >= 0.3 is 0 Å². The average Bonchev–Trinajstić information content (AvgIpc) is 2.63. The molecule has 0 unspecified atom stereocenters. The molecule has 0 spiro atoms. The van der Waals surface area contributed by atoms with Gasteiger partial charge in [0.2, 0.25) is 5.95 Å². The van der Waals surface area contributed by atoms with Gasteiger partial charge in [0.1, 0.15) is 5.82 Å². The molecule has 0 amide bonds. The highest BCUT2D eigenvalue weighted by Crippen LogP contribution is 2.22. The Morgan fingerprint density at radius 3 is 2.85 bits per heavy atom. The molecule has 6 heteroatoms. The predicted molar refractivity (Wildman–Crippen MR) is 99.7 cm³/mol. The van der Waals surface area contributed by atoms with E-state index in [4.69, 9.17) is 4.98 Å². The first kappa shape index (κ1) is 17.2. The molecule has 138 valence electrons. The molecule has 1 atom stereocenters. The molecule has 5 nitrogen and oxygen atoms in total. The number of nitrogens with zero attached hydrogens (tertiary/aromatic N) is 3. The van der Waals surface area contributed by atoms with Crippen LogP contribution in [0.5, 0.6) is 0 Å². The Bertz CT molecular complexity index is 833. The van der Waals surface area contributed by atoms with Crippen molar-refractivity contribution in [3.05, 3.63) is 57.3 Å². The highest BCUT2D eigenvalue weighted by atomic mass is 19.1. The summed E-state index contributed by atoms with van der Waals surface area (Å²) in [5, 5.41) is 0. The zero-order chi connectivity index (χ0) is 18.1. The number of H-pyrrole nitrogens is 1. The van der Waals surface area contributed by atoms with Crippen molar-refractivity contribution in [3.63, 3.8) is 0 Å². The number of aromatic nitrogens is 2. The SMILES string of the molecule is C[C@H]1CCCN(c2nc3c(c(=O)[nH]2)CCN(Cc2ccc(F)cc2)C3)C1. The highest BCUT2D eigenvalue weighted by Gasteiger charge is 2.24. The molecule has 26 heavy (non-hydrogen) atoms. The van der Waals surface area contributed by atoms with Crippen molar-refractivity contribution in [1.29, 1.82) is 0 Å². The van der Waals surface area contributed by atoms with E-state index in [-0.39, 0.29) is 11.4 Å². The van der Waals surface area contributed by atoms with Crippen molar-refractivity contribution in [1.82, 2.24) is 14.9 Å². The van der Waals surface area contributed by atoms with Gasteiger partial charge in [0, 0.05) is 38.3 Å². The number of fused-ring (bicyclic) bond motifs is 1. The molecule has 0 saturated carbocycles. The Morgan fingerprint density at radius 1 is 1.27 bits per heavy atom. The zero-order valence-electron chi connectivity index (χ0n) is 15.2. The largest absolute Gasteiger partial charge is 0.342 e. The molecule has 0 aliphatic carbocycles. The fraction of sp³-hybridized carbons (Fsp3) is 0.500. The molecule has 2 aromatic rings. The van der Waals surface area contributed by atoms with Gasteiger partial charge in [0.15, 0.2) is 0 Å². The van der Waals surface area contributed by atoms with Crippen LogP contribution in [-0.2, 0) is 19.5 Å². The molecule has 1 fully saturated rings. The van der Waals surface area contributed by atoms with Gasteiger partial charge in [-0.15, -0.1) is 0 Å². The van der Waals surface area contributed by atoms with Gasteiger partial charge in [-0.05, 0) is 42.9 Å². The number of aromatic amines is 1. The van der Waals surface area contributed by atoms with E-state index in [1.807, 2.05) is 12.1 Å². The van der Waals surface area contributed by atoms with E-state index in [9.17, 15) is 9.18 Å². The summed E-state index contributed by atoms with van der Waals surface area (Å²) in [7, 11) is 0. The first-order chi connectivity index (χ1) is 12.6. The van der Waals surface area contributed by atoms with E-state index < -0.39 is 0 Å². The summed E-state index contributed by atoms with van der Waals surface area (Å²) in [6.45, 7) is 6.35. The molecule has 2 aliphatic heterocycles. The lowest BCUT2D eigenvalue weighted by Gasteiger charge is -2.33. The van der Waals surface area contributed by atoms with Crippen molar-refractivity contribution in [3.8, 4) is 0 Å². The Labute approximate surface area is 152 Å². The van der Waals surface area contributed by atoms with Crippen molar-refractivity contribution < 1.29 is 4.39 Å². The minimum absolute atomic E-state index is 0.00431. The standard InChI is InChI=1S/C20H25FN4O/c1-14-3-2-9-25(11-14)20-22-18-13-24(10-8-17(18)19(26)23-20)12-15-4-6-16(21)7-5-15/h4-7,14H,2-3,8-13H2,1H3,(H,22,23,26)/t14-/m0/s1. The molecule has 1 aromatic carbocycles. The van der Waals surface area contributed by atoms with Gasteiger partial charge in [-0.2, -0.15) is 0 Å². The normalized spacial score (nSPS) is 20.8. The van der Waals surface area contributed by atoms with E-state index in [1.165, 1.54) is 18.6 Å². The Kier molecular flexibility index (Phi) is 4.76. The molecule has 1 saturated heterocycles. The average molecular weight is 356 g/mol. The van der Waals surface area contributed by atoms with Gasteiger partial charge in [-0.3, -0.25) is 14.7 Å². The summed E-state index contributed by atoms with van der Waals surface area (Å²) in [6.07, 6.45) is 3.07. The number of anilines is 1. The molecule has 4 rings (SSSR count). The summed E-state index contributed by atoms with van der Waals surface area (Å²) in [6, 6.07) is 6.62. The summed E-state index contributed by atoms with van der Waals surface area (Å²) in [4.78, 5) is 24.8. The zero-order valence-corrected chi connectivity index (χ0v) is 15.2. The third-order valence-electron chi connectivity index (χ3n) is 5.42. The lowest BCUT2D eigenvalue weighted by molar-refractivity contribution is 0.240. The third kappa shape index (κ3) is 3.65. The van der Waals surface area contributed by atoms with E-state index >= 15 is 0 Å². The predicted octanol–water partition coefficient (Wildman–Crippen LogP) is 2.70. The van der Waals surface area contributed by atoms with Crippen molar-refractivity contribution in [2.75, 3.05) is 24.5 Å². The monoisotopic (exact) mass is 356 g/mol. The van der Waals surface area contributed by atoms with Gasteiger partial charge in [-0.25, -0.2) is 9.37 Å². The fourth-order valence-electron chi connectivity index (χ4n) is 4.00. The van der Waals surface area contributed by atoms with E-state index in [2.05, 4.69) is 21.7 Å². The molecule has 1 aromatic heterocycles. The lowest BCUT2D eigenvalue weighted by Crippen LogP contribution is -2.39. The highest BCUT2D eigenvalue weighted by molar-refractivity contribution is 5.35.